The molecule has 0 saturated carbocycles. The maximum atomic E-state index is 12.3. The van der Waals surface area contributed by atoms with Crippen LogP contribution in [0.3, 0.4) is 0 Å². The second kappa shape index (κ2) is 6.11. The molecule has 3 N–H and O–H groups in total. The lowest BCUT2D eigenvalue weighted by Crippen LogP contribution is -2.56. The molecular formula is C13H23N3O4. The number of amides is 3. The summed E-state index contributed by atoms with van der Waals surface area (Å²) in [7, 11) is 1.49. The van der Waals surface area contributed by atoms with Crippen LogP contribution in [0.1, 0.15) is 33.1 Å². The van der Waals surface area contributed by atoms with Crippen molar-refractivity contribution in [1.82, 2.24) is 9.80 Å². The molecule has 0 aromatic rings. The molecule has 0 atom stereocenters. The zero-order chi connectivity index (χ0) is 15.5. The highest BCUT2D eigenvalue weighted by atomic mass is 16.4. The van der Waals surface area contributed by atoms with Crippen molar-refractivity contribution in [2.24, 2.45) is 11.7 Å². The van der Waals surface area contributed by atoms with E-state index in [1.54, 1.807) is 4.90 Å². The van der Waals surface area contributed by atoms with Gasteiger partial charge in [0, 0.05) is 26.6 Å². The Morgan fingerprint density at radius 1 is 1.30 bits per heavy atom. The van der Waals surface area contributed by atoms with Crippen LogP contribution in [-0.4, -0.2) is 58.5 Å². The molecule has 1 aliphatic heterocycles. The molecule has 1 rings (SSSR count). The largest absolute Gasteiger partial charge is 0.480 e. The summed E-state index contributed by atoms with van der Waals surface area (Å²) in [6.07, 6.45) is 1.78. The Balaban J connectivity index is 2.59. The fourth-order valence-electron chi connectivity index (χ4n) is 2.21. The molecule has 20 heavy (non-hydrogen) atoms. The lowest BCUT2D eigenvalue weighted by Gasteiger charge is -2.38. The molecule has 7 heteroatoms. The second-order valence-corrected chi connectivity index (χ2v) is 5.81. The van der Waals surface area contributed by atoms with Gasteiger partial charge >= 0.3 is 12.0 Å². The smallest absolute Gasteiger partial charge is 0.329 e. The van der Waals surface area contributed by atoms with Gasteiger partial charge < -0.3 is 20.6 Å². The number of likely N-dealkylation sites (tertiary alicyclic amines) is 1. The van der Waals surface area contributed by atoms with Crippen molar-refractivity contribution in [2.45, 2.75) is 38.6 Å². The summed E-state index contributed by atoms with van der Waals surface area (Å²) in [4.78, 5) is 37.2. The van der Waals surface area contributed by atoms with Crippen molar-refractivity contribution in [2.75, 3.05) is 20.1 Å². The van der Waals surface area contributed by atoms with E-state index in [1.165, 1.54) is 25.8 Å². The molecule has 0 aromatic heterocycles. The van der Waals surface area contributed by atoms with Crippen molar-refractivity contribution < 1.29 is 19.5 Å². The van der Waals surface area contributed by atoms with Crippen LogP contribution in [0, 0.1) is 5.92 Å². The fourth-order valence-corrected chi connectivity index (χ4v) is 2.21. The maximum absolute atomic E-state index is 12.3. The second-order valence-electron chi connectivity index (χ2n) is 5.81. The van der Waals surface area contributed by atoms with Crippen LogP contribution in [0.2, 0.25) is 0 Å². The lowest BCUT2D eigenvalue weighted by atomic mass is 9.93. The number of hydrogen-bond donors (Lipinski definition) is 2. The minimum atomic E-state index is -1.25. The van der Waals surface area contributed by atoms with Gasteiger partial charge in [-0.2, -0.15) is 0 Å². The monoisotopic (exact) mass is 285 g/mol. The highest BCUT2D eigenvalue weighted by molar-refractivity contribution is 5.85. The van der Waals surface area contributed by atoms with E-state index in [0.717, 1.165) is 12.8 Å². The summed E-state index contributed by atoms with van der Waals surface area (Å²) in [5.74, 6) is -1.15. The summed E-state index contributed by atoms with van der Waals surface area (Å²) in [5.41, 5.74) is 3.91. The molecule has 1 saturated heterocycles. The number of aliphatic carboxylic acids is 1. The van der Waals surface area contributed by atoms with Crippen molar-refractivity contribution >= 4 is 17.9 Å². The fraction of sp³-hybridized carbons (Fsp3) is 0.769. The van der Waals surface area contributed by atoms with Gasteiger partial charge in [-0.1, -0.05) is 0 Å². The Morgan fingerprint density at radius 2 is 1.80 bits per heavy atom. The topological polar surface area (TPSA) is 104 Å². The number of carbonyl (C=O) groups is 3. The van der Waals surface area contributed by atoms with E-state index >= 15 is 0 Å². The lowest BCUT2D eigenvalue weighted by molar-refractivity contribution is -0.147. The first-order valence-corrected chi connectivity index (χ1v) is 6.70. The summed E-state index contributed by atoms with van der Waals surface area (Å²) in [6.45, 7) is 4.04. The summed E-state index contributed by atoms with van der Waals surface area (Å²) in [5, 5.41) is 9.14. The summed E-state index contributed by atoms with van der Waals surface area (Å²) < 4.78 is 0. The van der Waals surface area contributed by atoms with Crippen LogP contribution in [0.25, 0.3) is 0 Å². The molecule has 7 nitrogen and oxygen atoms in total. The average molecular weight is 285 g/mol. The number of carboxylic acid groups (broad SMARTS) is 1. The standard InChI is InChI=1S/C13H23N3O4/c1-13(2,11(18)19)15(3)12(20)16-6-4-9(5-7-16)8-10(14)17/h9H,4-8H2,1-3H3,(H2,14,17)(H,18,19). The zero-order valence-electron chi connectivity index (χ0n) is 12.3. The van der Waals surface area contributed by atoms with Crippen LogP contribution in [-0.2, 0) is 9.59 Å². The van der Waals surface area contributed by atoms with Crippen molar-refractivity contribution in [3.63, 3.8) is 0 Å². The molecular weight excluding hydrogens is 262 g/mol. The van der Waals surface area contributed by atoms with E-state index in [-0.39, 0.29) is 17.9 Å². The quantitative estimate of drug-likeness (QED) is 0.784. The van der Waals surface area contributed by atoms with Gasteiger partial charge in [0.1, 0.15) is 5.54 Å². The third kappa shape index (κ3) is 3.61. The van der Waals surface area contributed by atoms with Crippen LogP contribution in [0.4, 0.5) is 4.79 Å². The van der Waals surface area contributed by atoms with E-state index in [2.05, 4.69) is 0 Å². The first-order valence-electron chi connectivity index (χ1n) is 6.70. The Bertz CT molecular complexity index is 400. The molecule has 1 heterocycles. The van der Waals surface area contributed by atoms with Gasteiger partial charge in [0.2, 0.25) is 5.91 Å². The zero-order valence-corrected chi connectivity index (χ0v) is 12.3. The predicted molar refractivity (Wildman–Crippen MR) is 73.0 cm³/mol. The van der Waals surface area contributed by atoms with Gasteiger partial charge in [0.25, 0.3) is 0 Å². The SMILES string of the molecule is CN(C(=O)N1CCC(CC(N)=O)CC1)C(C)(C)C(=O)O. The first-order chi connectivity index (χ1) is 9.16. The third-order valence-corrected chi connectivity index (χ3v) is 4.02. The summed E-state index contributed by atoms with van der Waals surface area (Å²) >= 11 is 0. The average Bonchev–Trinajstić information content (AvgIpc) is 2.37. The number of hydrogen-bond acceptors (Lipinski definition) is 3. The first kappa shape index (κ1) is 16.3. The van der Waals surface area contributed by atoms with Crippen LogP contribution in [0.15, 0.2) is 0 Å². The molecule has 0 aromatic carbocycles. The van der Waals surface area contributed by atoms with Crippen molar-refractivity contribution in [3.8, 4) is 0 Å². The van der Waals surface area contributed by atoms with Crippen LogP contribution < -0.4 is 5.73 Å². The van der Waals surface area contributed by atoms with Gasteiger partial charge in [-0.25, -0.2) is 9.59 Å². The molecule has 0 bridgehead atoms. The number of nitrogens with zero attached hydrogens (tertiary/aromatic N) is 2. The number of likely N-dealkylation sites (N-methyl/N-ethyl adjacent to an activating group) is 1. The normalized spacial score (nSPS) is 16.9. The molecule has 114 valence electrons. The Kier molecular flexibility index (Phi) is 4.97. The minimum Gasteiger partial charge on any atom is -0.480 e. The van der Waals surface area contributed by atoms with Crippen LogP contribution in [0.5, 0.6) is 0 Å². The Morgan fingerprint density at radius 3 is 2.20 bits per heavy atom. The van der Waals surface area contributed by atoms with Gasteiger partial charge in [-0.05, 0) is 32.6 Å². The highest BCUT2D eigenvalue weighted by Gasteiger charge is 2.37. The number of piperidine rings is 1. The van der Waals surface area contributed by atoms with Crippen LogP contribution >= 0.6 is 0 Å². The Labute approximate surface area is 118 Å². The number of carbonyl (C=O) groups excluding carboxylic acids is 2. The van der Waals surface area contributed by atoms with Crippen molar-refractivity contribution in [1.29, 1.82) is 0 Å². The molecule has 0 spiro atoms. The van der Waals surface area contributed by atoms with Gasteiger partial charge in [-0.3, -0.25) is 4.79 Å². The maximum Gasteiger partial charge on any atom is 0.329 e. The number of primary amides is 1. The number of rotatable bonds is 4. The van der Waals surface area contributed by atoms with E-state index in [0.29, 0.717) is 19.5 Å². The molecule has 0 aliphatic carbocycles. The van der Waals surface area contributed by atoms with E-state index < -0.39 is 11.5 Å². The van der Waals surface area contributed by atoms with E-state index in [4.69, 9.17) is 10.8 Å². The minimum absolute atomic E-state index is 0.217. The van der Waals surface area contributed by atoms with Gasteiger partial charge in [0.05, 0.1) is 0 Å². The number of nitrogens with two attached hydrogens (primary N) is 1. The van der Waals surface area contributed by atoms with E-state index in [1.807, 2.05) is 0 Å². The number of carboxylic acids is 1. The van der Waals surface area contributed by atoms with Gasteiger partial charge in [0.15, 0.2) is 0 Å². The molecule has 1 fully saturated rings. The predicted octanol–water partition coefficient (Wildman–Crippen LogP) is 0.489. The molecule has 1 aliphatic rings. The molecule has 0 radical (unpaired) electrons. The van der Waals surface area contributed by atoms with Crippen molar-refractivity contribution in [3.05, 3.63) is 0 Å². The number of urea groups is 1. The molecule has 0 unspecified atom stereocenters. The van der Waals surface area contributed by atoms with E-state index in [9.17, 15) is 14.4 Å². The summed E-state index contributed by atoms with van der Waals surface area (Å²) in [6, 6.07) is -0.296. The Hall–Kier alpha value is -1.79. The highest BCUT2D eigenvalue weighted by Crippen LogP contribution is 2.22. The van der Waals surface area contributed by atoms with Gasteiger partial charge in [-0.15, -0.1) is 0 Å². The third-order valence-electron chi connectivity index (χ3n) is 4.02. The molecule has 3 amide bonds.